The molecule has 0 aromatic heterocycles. The van der Waals surface area contributed by atoms with E-state index in [1.807, 2.05) is 0 Å². The summed E-state index contributed by atoms with van der Waals surface area (Å²) in [5.41, 5.74) is -0.839. The predicted molar refractivity (Wildman–Crippen MR) is 150 cm³/mol. The van der Waals surface area contributed by atoms with Crippen LogP contribution in [0.1, 0.15) is 56.6 Å². The Labute approximate surface area is 242 Å². The maximum absolute atomic E-state index is 13.8. The third-order valence-corrected chi connectivity index (χ3v) is 8.69. The van der Waals surface area contributed by atoms with Crippen molar-refractivity contribution in [3.05, 3.63) is 63.6 Å². The van der Waals surface area contributed by atoms with Crippen LogP contribution < -0.4 is 9.62 Å². The minimum atomic E-state index is -4.71. The van der Waals surface area contributed by atoms with Crippen LogP contribution in [0.15, 0.2) is 42.5 Å². The van der Waals surface area contributed by atoms with Gasteiger partial charge in [0.15, 0.2) is 0 Å². The van der Waals surface area contributed by atoms with E-state index in [-0.39, 0.29) is 40.6 Å². The van der Waals surface area contributed by atoms with Crippen LogP contribution in [0.5, 0.6) is 0 Å². The third-order valence-electron chi connectivity index (χ3n) is 6.82. The van der Waals surface area contributed by atoms with Crippen molar-refractivity contribution in [2.45, 2.75) is 70.3 Å². The molecule has 1 aliphatic carbocycles. The number of carbonyl (C=O) groups is 2. The highest BCUT2D eigenvalue weighted by atomic mass is 35.5. The van der Waals surface area contributed by atoms with Crippen LogP contribution in [0.2, 0.25) is 10.0 Å². The first kappa shape index (κ1) is 32.0. The largest absolute Gasteiger partial charge is 0.416 e. The summed E-state index contributed by atoms with van der Waals surface area (Å²) in [4.78, 5) is 28.4. The van der Waals surface area contributed by atoms with Gasteiger partial charge in [-0.05, 0) is 55.2 Å². The van der Waals surface area contributed by atoms with Crippen LogP contribution >= 0.6 is 23.2 Å². The fourth-order valence-corrected chi connectivity index (χ4v) is 5.91. The second kappa shape index (κ2) is 13.4. The van der Waals surface area contributed by atoms with Gasteiger partial charge in [0.25, 0.3) is 0 Å². The summed E-state index contributed by atoms with van der Waals surface area (Å²) in [7, 11) is -4.19. The SMILES string of the molecule is CC[C@H](C(=O)NC1CCCCC1)N(Cc1ccc(Cl)c(Cl)c1)C(=O)CN(c1cccc(C(F)(F)F)c1)S(C)(=O)=O. The van der Waals surface area contributed by atoms with E-state index in [2.05, 4.69) is 5.32 Å². The van der Waals surface area contributed by atoms with Gasteiger partial charge in [-0.15, -0.1) is 0 Å². The van der Waals surface area contributed by atoms with Gasteiger partial charge in [0.2, 0.25) is 21.8 Å². The monoisotopic (exact) mass is 621 g/mol. The second-order valence-electron chi connectivity index (χ2n) is 9.86. The fourth-order valence-electron chi connectivity index (χ4n) is 4.75. The molecule has 1 fully saturated rings. The summed E-state index contributed by atoms with van der Waals surface area (Å²) in [6.45, 7) is 0.808. The first-order valence-electron chi connectivity index (χ1n) is 12.9. The van der Waals surface area contributed by atoms with E-state index in [0.29, 0.717) is 15.9 Å². The molecule has 2 aromatic carbocycles. The maximum Gasteiger partial charge on any atom is 0.416 e. The van der Waals surface area contributed by atoms with E-state index in [4.69, 9.17) is 23.2 Å². The molecular formula is C27H32Cl2F3N3O4S. The highest BCUT2D eigenvalue weighted by Gasteiger charge is 2.35. The predicted octanol–water partition coefficient (Wildman–Crippen LogP) is 6.03. The molecule has 2 aromatic rings. The Morgan fingerprint density at radius 1 is 1.05 bits per heavy atom. The van der Waals surface area contributed by atoms with Crippen molar-refractivity contribution in [1.82, 2.24) is 10.2 Å². The number of carbonyl (C=O) groups excluding carboxylic acids is 2. The molecule has 0 bridgehead atoms. The molecule has 1 N–H and O–H groups in total. The molecule has 0 aliphatic heterocycles. The zero-order chi connectivity index (χ0) is 29.7. The number of nitrogens with zero attached hydrogens (tertiary/aromatic N) is 2. The molecule has 0 heterocycles. The lowest BCUT2D eigenvalue weighted by molar-refractivity contribution is -0.140. The van der Waals surface area contributed by atoms with Crippen molar-refractivity contribution < 1.29 is 31.2 Å². The normalized spacial score (nSPS) is 15.4. The fraction of sp³-hybridized carbons (Fsp3) is 0.481. The lowest BCUT2D eigenvalue weighted by Gasteiger charge is -2.34. The molecule has 1 atom stereocenters. The minimum absolute atomic E-state index is 0.0325. The summed E-state index contributed by atoms with van der Waals surface area (Å²) in [6, 6.07) is 7.44. The van der Waals surface area contributed by atoms with Crippen LogP contribution in [-0.4, -0.2) is 50.0 Å². The Bertz CT molecular complexity index is 1320. The zero-order valence-electron chi connectivity index (χ0n) is 22.2. The van der Waals surface area contributed by atoms with Gasteiger partial charge in [-0.2, -0.15) is 13.2 Å². The number of hydrogen-bond donors (Lipinski definition) is 1. The van der Waals surface area contributed by atoms with Crippen molar-refractivity contribution in [2.24, 2.45) is 0 Å². The van der Waals surface area contributed by atoms with Crippen LogP contribution in [0.3, 0.4) is 0 Å². The molecule has 220 valence electrons. The molecular weight excluding hydrogens is 590 g/mol. The molecule has 1 aliphatic rings. The summed E-state index contributed by atoms with van der Waals surface area (Å²) in [6.07, 6.45) is 0.990. The number of rotatable bonds is 10. The minimum Gasteiger partial charge on any atom is -0.352 e. The quantitative estimate of drug-likeness (QED) is 0.351. The first-order chi connectivity index (χ1) is 18.7. The van der Waals surface area contributed by atoms with E-state index >= 15 is 0 Å². The number of nitrogens with one attached hydrogen (secondary N) is 1. The molecule has 1 saturated carbocycles. The zero-order valence-corrected chi connectivity index (χ0v) is 24.5. The number of sulfonamides is 1. The Kier molecular flexibility index (Phi) is 10.8. The van der Waals surface area contributed by atoms with Crippen LogP contribution in [0.4, 0.5) is 18.9 Å². The number of amides is 2. The van der Waals surface area contributed by atoms with Crippen LogP contribution in [0.25, 0.3) is 0 Å². The molecule has 0 unspecified atom stereocenters. The molecule has 3 rings (SSSR count). The average molecular weight is 623 g/mol. The molecule has 0 saturated heterocycles. The van der Waals surface area contributed by atoms with E-state index in [9.17, 15) is 31.2 Å². The van der Waals surface area contributed by atoms with Gasteiger partial charge < -0.3 is 10.2 Å². The number of anilines is 1. The van der Waals surface area contributed by atoms with Gasteiger partial charge in [-0.25, -0.2) is 8.42 Å². The lowest BCUT2D eigenvalue weighted by atomic mass is 9.95. The first-order valence-corrected chi connectivity index (χ1v) is 15.5. The Hall–Kier alpha value is -2.50. The molecule has 7 nitrogen and oxygen atoms in total. The molecule has 0 spiro atoms. The van der Waals surface area contributed by atoms with Crippen molar-refractivity contribution in [2.75, 3.05) is 17.1 Å². The van der Waals surface area contributed by atoms with Gasteiger partial charge in [-0.1, -0.05) is 61.5 Å². The van der Waals surface area contributed by atoms with Gasteiger partial charge in [0, 0.05) is 12.6 Å². The van der Waals surface area contributed by atoms with Crippen molar-refractivity contribution in [1.29, 1.82) is 0 Å². The number of benzene rings is 2. The van der Waals surface area contributed by atoms with E-state index in [1.54, 1.807) is 13.0 Å². The summed E-state index contributed by atoms with van der Waals surface area (Å²) in [5.74, 6) is -1.15. The smallest absolute Gasteiger partial charge is 0.352 e. The maximum atomic E-state index is 13.8. The van der Waals surface area contributed by atoms with Gasteiger partial charge in [0.05, 0.1) is 27.6 Å². The lowest BCUT2D eigenvalue weighted by Crippen LogP contribution is -2.54. The standard InChI is InChI=1S/C27H32Cl2F3N3O4S/c1-3-24(26(37)33-20-9-5-4-6-10-20)34(16-18-12-13-22(28)23(29)14-18)25(36)17-35(40(2,38)39)21-11-7-8-19(15-21)27(30,31)32/h7-8,11-15,20,24H,3-6,9-10,16-17H2,1-2H3,(H,33,37)/t24-/m1/s1. The van der Waals surface area contributed by atoms with Gasteiger partial charge >= 0.3 is 6.18 Å². The van der Waals surface area contributed by atoms with Crippen LogP contribution in [0, 0.1) is 0 Å². The summed E-state index contributed by atoms with van der Waals surface area (Å²) in [5, 5.41) is 3.53. The summed E-state index contributed by atoms with van der Waals surface area (Å²) >= 11 is 12.2. The van der Waals surface area contributed by atoms with Gasteiger partial charge in [0.1, 0.15) is 12.6 Å². The highest BCUT2D eigenvalue weighted by Crippen LogP contribution is 2.32. The molecule has 2 amide bonds. The molecule has 40 heavy (non-hydrogen) atoms. The highest BCUT2D eigenvalue weighted by molar-refractivity contribution is 7.92. The molecule has 13 heteroatoms. The number of halogens is 5. The topological polar surface area (TPSA) is 86.8 Å². The number of hydrogen-bond acceptors (Lipinski definition) is 4. The van der Waals surface area contributed by atoms with E-state index in [1.165, 1.54) is 23.1 Å². The molecule has 0 radical (unpaired) electrons. The van der Waals surface area contributed by atoms with E-state index in [0.717, 1.165) is 50.5 Å². The Morgan fingerprint density at radius 3 is 2.30 bits per heavy atom. The summed E-state index contributed by atoms with van der Waals surface area (Å²) < 4.78 is 66.0. The Morgan fingerprint density at radius 2 is 1.73 bits per heavy atom. The average Bonchev–Trinajstić information content (AvgIpc) is 2.88. The van der Waals surface area contributed by atoms with Crippen molar-refractivity contribution in [3.8, 4) is 0 Å². The number of alkyl halides is 3. The van der Waals surface area contributed by atoms with Crippen LogP contribution in [-0.2, 0) is 32.3 Å². The Balaban J connectivity index is 1.97. The third kappa shape index (κ3) is 8.50. The van der Waals surface area contributed by atoms with Gasteiger partial charge in [-0.3, -0.25) is 13.9 Å². The van der Waals surface area contributed by atoms with Crippen molar-refractivity contribution >= 4 is 50.7 Å². The van der Waals surface area contributed by atoms with E-state index < -0.39 is 40.3 Å². The second-order valence-corrected chi connectivity index (χ2v) is 12.6. The van der Waals surface area contributed by atoms with Crippen molar-refractivity contribution in [3.63, 3.8) is 0 Å².